The van der Waals surface area contributed by atoms with Gasteiger partial charge in [-0.3, -0.25) is 4.57 Å². The van der Waals surface area contributed by atoms with Crippen LogP contribution >= 0.6 is 0 Å². The zero-order chi connectivity index (χ0) is 12.0. The molecule has 0 bridgehead atoms. The van der Waals surface area contributed by atoms with Gasteiger partial charge in [0.15, 0.2) is 5.58 Å². The number of hydrogen-bond acceptors (Lipinski definition) is 3. The molecule has 4 nitrogen and oxygen atoms in total. The maximum Gasteiger partial charge on any atom is 0.419 e. The van der Waals surface area contributed by atoms with Gasteiger partial charge >= 0.3 is 5.76 Å². The van der Waals surface area contributed by atoms with Gasteiger partial charge in [-0.15, -0.1) is 0 Å². The van der Waals surface area contributed by atoms with Crippen LogP contribution in [-0.2, 0) is 7.05 Å². The molecule has 17 heavy (non-hydrogen) atoms. The van der Waals surface area contributed by atoms with E-state index >= 15 is 0 Å². The van der Waals surface area contributed by atoms with Crippen LogP contribution in [0, 0.1) is 5.92 Å². The normalized spacial score (nSPS) is 18.2. The van der Waals surface area contributed by atoms with Crippen molar-refractivity contribution in [2.75, 3.05) is 0 Å². The first-order valence-corrected chi connectivity index (χ1v) is 5.94. The first-order chi connectivity index (χ1) is 8.16. The molecule has 1 N–H and O–H groups in total. The molecule has 4 heteroatoms. The van der Waals surface area contributed by atoms with Gasteiger partial charge in [0, 0.05) is 7.05 Å². The maximum atomic E-state index is 11.4. The molecule has 0 spiro atoms. The zero-order valence-electron chi connectivity index (χ0n) is 9.72. The van der Waals surface area contributed by atoms with Crippen LogP contribution in [0.4, 0.5) is 0 Å². The van der Waals surface area contributed by atoms with Crippen LogP contribution in [0.1, 0.15) is 30.9 Å². The topological polar surface area (TPSA) is 55.4 Å². The van der Waals surface area contributed by atoms with Gasteiger partial charge in [0.05, 0.1) is 11.6 Å². The van der Waals surface area contributed by atoms with Crippen LogP contribution in [0.25, 0.3) is 11.1 Å². The van der Waals surface area contributed by atoms with Crippen molar-refractivity contribution in [2.45, 2.75) is 25.4 Å². The summed E-state index contributed by atoms with van der Waals surface area (Å²) in [7, 11) is 1.68. The van der Waals surface area contributed by atoms with Crippen molar-refractivity contribution in [1.29, 1.82) is 0 Å². The van der Waals surface area contributed by atoms with Crippen LogP contribution in [0.15, 0.2) is 27.4 Å². The molecule has 90 valence electrons. The fourth-order valence-electron chi connectivity index (χ4n) is 2.36. The fourth-order valence-corrected chi connectivity index (χ4v) is 2.36. The van der Waals surface area contributed by atoms with E-state index in [1.54, 1.807) is 13.1 Å². The molecular weight excluding hydrogens is 218 g/mol. The average molecular weight is 233 g/mol. The molecule has 1 aromatic heterocycles. The lowest BCUT2D eigenvalue weighted by atomic mass is 9.79. The lowest BCUT2D eigenvalue weighted by Crippen LogP contribution is -2.19. The number of aliphatic hydroxyl groups excluding tert-OH is 1. The Morgan fingerprint density at radius 1 is 1.47 bits per heavy atom. The highest BCUT2D eigenvalue weighted by Gasteiger charge is 2.27. The Kier molecular flexibility index (Phi) is 2.33. The second kappa shape index (κ2) is 3.74. The SMILES string of the molecule is Cn1c(=O)oc2cc(C(O)C3CCC3)ccc21. The monoisotopic (exact) mass is 233 g/mol. The Morgan fingerprint density at radius 2 is 2.24 bits per heavy atom. The molecule has 0 aliphatic heterocycles. The third-order valence-electron chi connectivity index (χ3n) is 3.75. The zero-order valence-corrected chi connectivity index (χ0v) is 9.72. The van der Waals surface area contributed by atoms with Gasteiger partial charge in [-0.1, -0.05) is 12.5 Å². The van der Waals surface area contributed by atoms with Crippen LogP contribution in [0.2, 0.25) is 0 Å². The number of oxazole rings is 1. The summed E-state index contributed by atoms with van der Waals surface area (Å²) in [4.78, 5) is 11.4. The van der Waals surface area contributed by atoms with Gasteiger partial charge in [0.25, 0.3) is 0 Å². The van der Waals surface area contributed by atoms with Crippen LogP contribution in [-0.4, -0.2) is 9.67 Å². The summed E-state index contributed by atoms with van der Waals surface area (Å²) in [6.07, 6.45) is 2.93. The van der Waals surface area contributed by atoms with Crippen LogP contribution in [0.3, 0.4) is 0 Å². The van der Waals surface area contributed by atoms with Crippen molar-refractivity contribution in [3.63, 3.8) is 0 Å². The Bertz CT molecular complexity index is 607. The number of aromatic nitrogens is 1. The highest BCUT2D eigenvalue weighted by Crippen LogP contribution is 2.38. The van der Waals surface area contributed by atoms with Crippen molar-refractivity contribution in [1.82, 2.24) is 4.57 Å². The number of fused-ring (bicyclic) bond motifs is 1. The Morgan fingerprint density at radius 3 is 2.88 bits per heavy atom. The molecule has 1 aliphatic rings. The molecule has 1 fully saturated rings. The molecule has 3 rings (SSSR count). The molecule has 0 radical (unpaired) electrons. The number of aryl methyl sites for hydroxylation is 1. The van der Waals surface area contributed by atoms with Gasteiger partial charge in [0.2, 0.25) is 0 Å². The Labute approximate surface area is 98.5 Å². The summed E-state index contributed by atoms with van der Waals surface area (Å²) in [5, 5.41) is 10.1. The van der Waals surface area contributed by atoms with E-state index in [0.29, 0.717) is 11.5 Å². The highest BCUT2D eigenvalue weighted by molar-refractivity contribution is 5.73. The average Bonchev–Trinajstić information content (AvgIpc) is 2.52. The van der Waals surface area contributed by atoms with Crippen molar-refractivity contribution in [3.8, 4) is 0 Å². The molecule has 0 amide bonds. The minimum atomic E-state index is -0.432. The van der Waals surface area contributed by atoms with E-state index in [-0.39, 0.29) is 5.76 Å². The molecule has 1 saturated carbocycles. The Hall–Kier alpha value is -1.55. The van der Waals surface area contributed by atoms with E-state index in [9.17, 15) is 9.90 Å². The first kappa shape index (κ1) is 10.6. The first-order valence-electron chi connectivity index (χ1n) is 5.94. The van der Waals surface area contributed by atoms with Crippen LogP contribution in [0.5, 0.6) is 0 Å². The van der Waals surface area contributed by atoms with E-state index < -0.39 is 6.10 Å². The van der Waals surface area contributed by atoms with E-state index in [0.717, 1.165) is 23.9 Å². The van der Waals surface area contributed by atoms with Crippen molar-refractivity contribution in [2.24, 2.45) is 13.0 Å². The predicted molar refractivity (Wildman–Crippen MR) is 63.8 cm³/mol. The molecule has 1 aliphatic carbocycles. The summed E-state index contributed by atoms with van der Waals surface area (Å²) in [5.74, 6) is -0.00170. The minimum Gasteiger partial charge on any atom is -0.408 e. The smallest absolute Gasteiger partial charge is 0.408 e. The molecule has 0 saturated heterocycles. The minimum absolute atomic E-state index is 0.364. The third kappa shape index (κ3) is 1.60. The molecule has 1 unspecified atom stereocenters. The third-order valence-corrected chi connectivity index (χ3v) is 3.75. The number of rotatable bonds is 2. The van der Waals surface area contributed by atoms with E-state index in [2.05, 4.69) is 0 Å². The lowest BCUT2D eigenvalue weighted by molar-refractivity contribution is 0.0621. The van der Waals surface area contributed by atoms with E-state index in [1.165, 1.54) is 11.0 Å². The molecule has 1 aromatic carbocycles. The predicted octanol–water partition coefficient (Wildman–Crippen LogP) is 1.96. The van der Waals surface area contributed by atoms with E-state index in [1.807, 2.05) is 12.1 Å². The van der Waals surface area contributed by atoms with Gasteiger partial charge in [0.1, 0.15) is 0 Å². The number of hydrogen-bond donors (Lipinski definition) is 1. The van der Waals surface area contributed by atoms with Crippen molar-refractivity contribution in [3.05, 3.63) is 34.3 Å². The lowest BCUT2D eigenvalue weighted by Gasteiger charge is -2.30. The number of aliphatic hydroxyl groups is 1. The van der Waals surface area contributed by atoms with Gasteiger partial charge in [-0.2, -0.15) is 0 Å². The maximum absolute atomic E-state index is 11.4. The number of nitrogens with zero attached hydrogens (tertiary/aromatic N) is 1. The van der Waals surface area contributed by atoms with Crippen molar-refractivity contribution < 1.29 is 9.52 Å². The second-order valence-electron chi connectivity index (χ2n) is 4.79. The molecular formula is C13H15NO3. The second-order valence-corrected chi connectivity index (χ2v) is 4.79. The largest absolute Gasteiger partial charge is 0.419 e. The molecule has 1 heterocycles. The molecule has 1 atom stereocenters. The molecule has 2 aromatic rings. The summed E-state index contributed by atoms with van der Waals surface area (Å²) in [5.41, 5.74) is 2.16. The van der Waals surface area contributed by atoms with Crippen LogP contribution < -0.4 is 5.76 Å². The summed E-state index contributed by atoms with van der Waals surface area (Å²) in [6.45, 7) is 0. The van der Waals surface area contributed by atoms with Gasteiger partial charge in [-0.05, 0) is 36.5 Å². The van der Waals surface area contributed by atoms with E-state index in [4.69, 9.17) is 4.42 Å². The standard InChI is InChI=1S/C13H15NO3/c1-14-10-6-5-9(7-11(10)17-13(14)16)12(15)8-3-2-4-8/h5-8,12,15H,2-4H2,1H3. The fraction of sp³-hybridized carbons (Fsp3) is 0.462. The quantitative estimate of drug-likeness (QED) is 0.862. The highest BCUT2D eigenvalue weighted by atomic mass is 16.4. The van der Waals surface area contributed by atoms with Gasteiger partial charge < -0.3 is 9.52 Å². The van der Waals surface area contributed by atoms with Crippen molar-refractivity contribution >= 4 is 11.1 Å². The number of benzene rings is 1. The summed E-state index contributed by atoms with van der Waals surface area (Å²) < 4.78 is 6.58. The summed E-state index contributed by atoms with van der Waals surface area (Å²) in [6, 6.07) is 5.48. The van der Waals surface area contributed by atoms with Gasteiger partial charge in [-0.25, -0.2) is 4.79 Å². The summed E-state index contributed by atoms with van der Waals surface area (Å²) >= 11 is 0. The Balaban J connectivity index is 2.04.